The van der Waals surface area contributed by atoms with Gasteiger partial charge in [-0.3, -0.25) is 0 Å². The van der Waals surface area contributed by atoms with Crippen LogP contribution in [0.15, 0.2) is 12.2 Å². The van der Waals surface area contributed by atoms with Crippen molar-refractivity contribution in [2.75, 3.05) is 13.2 Å². The van der Waals surface area contributed by atoms with Gasteiger partial charge in [0, 0.05) is 0 Å². The Hall–Kier alpha value is -0.0200. The molecule has 2 aliphatic carbocycles. The first-order chi connectivity index (χ1) is 12.9. The number of epoxide rings is 1. The number of amides is 2. The lowest BCUT2D eigenvalue weighted by Crippen LogP contribution is -2.71. The summed E-state index contributed by atoms with van der Waals surface area (Å²) in [7, 11) is 0. The quantitative estimate of drug-likeness (QED) is 0.307. The SMILES string of the molecule is O=C(OCC(Cl)(Cl)Cl)N1[C@@H]2C=C[C@@H](N1C(=O)OCC(Cl)(Cl)Cl)[C@@]13CCCC21O3. The minimum atomic E-state index is -1.80. The fourth-order valence-corrected chi connectivity index (χ4v) is 4.85. The molecule has 2 saturated heterocycles. The second kappa shape index (κ2) is 6.74. The number of nitrogens with zero attached hydrogens (tertiary/aromatic N) is 2. The maximum atomic E-state index is 12.8. The molecule has 0 aromatic rings. The highest BCUT2D eigenvalue weighted by Gasteiger charge is 2.85. The Kier molecular flexibility index (Phi) is 5.11. The molecule has 5 rings (SSSR count). The molecule has 0 radical (unpaired) electrons. The Morgan fingerprint density at radius 2 is 1.29 bits per heavy atom. The summed E-state index contributed by atoms with van der Waals surface area (Å²) >= 11 is 34.0. The van der Waals surface area contributed by atoms with Gasteiger partial charge in [-0.15, -0.1) is 0 Å². The predicted molar refractivity (Wildman–Crippen MR) is 104 cm³/mol. The zero-order valence-corrected chi connectivity index (χ0v) is 18.6. The summed E-state index contributed by atoms with van der Waals surface area (Å²) in [5, 5.41) is 2.27. The number of hydrogen-bond acceptors (Lipinski definition) is 5. The molecule has 28 heavy (non-hydrogen) atoms. The highest BCUT2D eigenvalue weighted by atomic mass is 35.6. The van der Waals surface area contributed by atoms with Crippen molar-refractivity contribution in [2.24, 2.45) is 0 Å². The van der Waals surface area contributed by atoms with Crippen LogP contribution in [0.4, 0.5) is 9.59 Å². The summed E-state index contributed by atoms with van der Waals surface area (Å²) in [6.07, 6.45) is 4.30. The third kappa shape index (κ3) is 3.31. The zero-order chi connectivity index (χ0) is 20.5. The molecule has 3 heterocycles. The van der Waals surface area contributed by atoms with E-state index in [4.69, 9.17) is 83.8 Å². The summed E-state index contributed by atoms with van der Waals surface area (Å²) in [6, 6.07) is -1.13. The highest BCUT2D eigenvalue weighted by molar-refractivity contribution is 6.68. The van der Waals surface area contributed by atoms with Crippen LogP contribution in [0.25, 0.3) is 0 Å². The lowest BCUT2D eigenvalue weighted by molar-refractivity contribution is -0.0881. The van der Waals surface area contributed by atoms with Crippen molar-refractivity contribution in [1.82, 2.24) is 10.0 Å². The van der Waals surface area contributed by atoms with Crippen molar-refractivity contribution >= 4 is 81.8 Å². The van der Waals surface area contributed by atoms with E-state index in [-0.39, 0.29) is 0 Å². The number of carbonyl (C=O) groups is 2. The van der Waals surface area contributed by atoms with Gasteiger partial charge in [0.2, 0.25) is 7.59 Å². The largest absolute Gasteiger partial charge is 0.444 e. The molecular formula is C15H14Cl6N2O5. The molecule has 1 saturated carbocycles. The van der Waals surface area contributed by atoms with Gasteiger partial charge in [0.05, 0.1) is 0 Å². The maximum absolute atomic E-state index is 12.8. The molecule has 0 aromatic carbocycles. The van der Waals surface area contributed by atoms with Gasteiger partial charge in [-0.05, 0) is 19.3 Å². The van der Waals surface area contributed by atoms with E-state index in [2.05, 4.69) is 0 Å². The average molecular weight is 515 g/mol. The van der Waals surface area contributed by atoms with Crippen molar-refractivity contribution in [3.63, 3.8) is 0 Å². The van der Waals surface area contributed by atoms with Gasteiger partial charge >= 0.3 is 12.2 Å². The van der Waals surface area contributed by atoms with E-state index in [1.165, 1.54) is 0 Å². The molecule has 156 valence electrons. The van der Waals surface area contributed by atoms with Gasteiger partial charge in [0.15, 0.2) is 0 Å². The van der Waals surface area contributed by atoms with Gasteiger partial charge < -0.3 is 14.2 Å². The average Bonchev–Trinajstić information content (AvgIpc) is 3.14. The van der Waals surface area contributed by atoms with Crippen LogP contribution in [0.1, 0.15) is 19.3 Å². The first kappa shape index (κ1) is 21.2. The van der Waals surface area contributed by atoms with Crippen LogP contribution < -0.4 is 0 Å². The van der Waals surface area contributed by atoms with Gasteiger partial charge in [0.1, 0.15) is 36.5 Å². The monoisotopic (exact) mass is 512 g/mol. The molecule has 2 amide bonds. The lowest BCUT2D eigenvalue weighted by atomic mass is 9.76. The predicted octanol–water partition coefficient (Wildman–Crippen LogP) is 4.53. The minimum absolute atomic E-state index is 0.496. The van der Waals surface area contributed by atoms with Crippen LogP contribution in [0.5, 0.6) is 0 Å². The number of hydrogen-bond donors (Lipinski definition) is 0. The second-order valence-corrected chi connectivity index (χ2v) is 12.1. The Bertz CT molecular complexity index is 681. The standard InChI is InChI=1S/C15H14Cl6N2O5/c16-14(17,18)6-26-10(24)22-8-2-3-9(13-5-1-4-12(8,13)28-13)23(22)11(25)27-7-15(19,20)21/h2-3,8-9H,1,4-7H2/t8-,9-,12+,13?/m1/s1. The molecule has 1 unspecified atom stereocenters. The number of halogens is 6. The number of rotatable bonds is 2. The van der Waals surface area contributed by atoms with Gasteiger partial charge in [-0.25, -0.2) is 19.6 Å². The molecule has 3 aliphatic heterocycles. The normalized spacial score (nSPS) is 35.5. The molecular weight excluding hydrogens is 501 g/mol. The third-order valence-electron chi connectivity index (χ3n) is 5.42. The summed E-state index contributed by atoms with van der Waals surface area (Å²) in [4.78, 5) is 25.6. The van der Waals surface area contributed by atoms with Gasteiger partial charge in [0.25, 0.3) is 0 Å². The first-order valence-electron chi connectivity index (χ1n) is 8.34. The molecule has 0 N–H and O–H groups in total. The van der Waals surface area contributed by atoms with Crippen molar-refractivity contribution in [3.05, 3.63) is 12.2 Å². The summed E-state index contributed by atoms with van der Waals surface area (Å²) < 4.78 is 12.7. The smallest absolute Gasteiger partial charge is 0.429 e. The Morgan fingerprint density at radius 1 is 0.893 bits per heavy atom. The molecule has 0 aromatic heterocycles. The van der Waals surface area contributed by atoms with Gasteiger partial charge in [-0.1, -0.05) is 81.8 Å². The van der Waals surface area contributed by atoms with E-state index < -0.39 is 56.3 Å². The Balaban J connectivity index is 1.61. The molecule has 3 fully saturated rings. The van der Waals surface area contributed by atoms with Crippen LogP contribution in [0.2, 0.25) is 0 Å². The van der Waals surface area contributed by atoms with E-state index in [1.54, 1.807) is 0 Å². The van der Waals surface area contributed by atoms with Crippen molar-refractivity contribution < 1.29 is 23.8 Å². The fourth-order valence-electron chi connectivity index (χ4n) is 4.53. The highest BCUT2D eigenvalue weighted by Crippen LogP contribution is 2.69. The Morgan fingerprint density at radius 3 is 1.64 bits per heavy atom. The molecule has 5 aliphatic rings. The summed E-state index contributed by atoms with van der Waals surface area (Å²) in [6.45, 7) is -0.992. The first-order valence-corrected chi connectivity index (χ1v) is 10.6. The topological polar surface area (TPSA) is 71.6 Å². The number of alkyl halides is 6. The molecule has 0 spiro atoms. The fraction of sp³-hybridized carbons (Fsp3) is 0.733. The summed E-state index contributed by atoms with van der Waals surface area (Å²) in [5.41, 5.74) is -1.12. The summed E-state index contributed by atoms with van der Waals surface area (Å²) in [5.74, 6) is 0. The number of hydrazine groups is 1. The van der Waals surface area contributed by atoms with E-state index in [1.807, 2.05) is 12.2 Å². The van der Waals surface area contributed by atoms with Crippen molar-refractivity contribution in [2.45, 2.75) is 50.1 Å². The van der Waals surface area contributed by atoms with Crippen LogP contribution in [-0.4, -0.2) is 66.3 Å². The van der Waals surface area contributed by atoms with E-state index in [9.17, 15) is 9.59 Å². The van der Waals surface area contributed by atoms with E-state index >= 15 is 0 Å². The molecule has 13 heteroatoms. The van der Waals surface area contributed by atoms with Crippen LogP contribution in [0, 0.1) is 0 Å². The second-order valence-electron chi connectivity index (χ2n) is 7.04. The molecule has 2 bridgehead atoms. The Labute approximate surface area is 190 Å². The van der Waals surface area contributed by atoms with E-state index in [0.29, 0.717) is 0 Å². The lowest BCUT2D eigenvalue weighted by Gasteiger charge is -2.50. The number of ether oxygens (including phenoxy) is 3. The molecule has 4 atom stereocenters. The van der Waals surface area contributed by atoms with Crippen LogP contribution in [0.3, 0.4) is 0 Å². The van der Waals surface area contributed by atoms with Crippen LogP contribution >= 0.6 is 69.6 Å². The maximum Gasteiger partial charge on any atom is 0.429 e. The van der Waals surface area contributed by atoms with Crippen LogP contribution in [-0.2, 0) is 14.2 Å². The number of fused-ring (bicyclic) bond motifs is 1. The van der Waals surface area contributed by atoms with E-state index in [0.717, 1.165) is 29.3 Å². The van der Waals surface area contributed by atoms with Crippen molar-refractivity contribution in [3.8, 4) is 0 Å². The minimum Gasteiger partial charge on any atom is -0.444 e. The zero-order valence-electron chi connectivity index (χ0n) is 14.0. The van der Waals surface area contributed by atoms with Crippen molar-refractivity contribution in [1.29, 1.82) is 0 Å². The third-order valence-corrected chi connectivity index (χ3v) is 6.07. The van der Waals surface area contributed by atoms with Gasteiger partial charge in [-0.2, -0.15) is 0 Å². The number of carbonyl (C=O) groups excluding carboxylic acids is 2. The molecule has 7 nitrogen and oxygen atoms in total.